The van der Waals surface area contributed by atoms with Crippen molar-refractivity contribution in [3.8, 4) is 5.75 Å². The summed E-state index contributed by atoms with van der Waals surface area (Å²) in [5, 5.41) is 2.78. The van der Waals surface area contributed by atoms with Crippen LogP contribution in [0, 0.1) is 0 Å². The quantitative estimate of drug-likeness (QED) is 0.884. The number of fused-ring (bicyclic) bond motifs is 1. The van der Waals surface area contributed by atoms with E-state index in [9.17, 15) is 4.79 Å². The molecule has 0 saturated carbocycles. The van der Waals surface area contributed by atoms with Gasteiger partial charge < -0.3 is 10.1 Å². The van der Waals surface area contributed by atoms with Crippen LogP contribution >= 0.6 is 0 Å². The lowest BCUT2D eigenvalue weighted by atomic mass is 9.87. The molecular weight excluding hydrogens is 338 g/mol. The molecule has 1 saturated heterocycles. The molecular formula is C22H27N3O2. The molecule has 1 N–H and O–H groups in total. The molecule has 2 heterocycles. The van der Waals surface area contributed by atoms with Gasteiger partial charge in [-0.3, -0.25) is 14.7 Å². The van der Waals surface area contributed by atoms with Gasteiger partial charge in [-0.2, -0.15) is 0 Å². The smallest absolute Gasteiger partial charge is 0.217 e. The third kappa shape index (κ3) is 4.30. The van der Waals surface area contributed by atoms with Gasteiger partial charge in [0.05, 0.1) is 12.2 Å². The summed E-state index contributed by atoms with van der Waals surface area (Å²) in [4.78, 5) is 18.0. The van der Waals surface area contributed by atoms with Crippen LogP contribution in [0.2, 0.25) is 0 Å². The molecule has 1 amide bonds. The Kier molecular flexibility index (Phi) is 5.39. The predicted octanol–water partition coefficient (Wildman–Crippen LogP) is 3.25. The van der Waals surface area contributed by atoms with Crippen LogP contribution in [-0.2, 0) is 17.8 Å². The number of amides is 1. The predicted molar refractivity (Wildman–Crippen MR) is 104 cm³/mol. The number of benzene rings is 1. The van der Waals surface area contributed by atoms with Gasteiger partial charge in [0.15, 0.2) is 0 Å². The minimum Gasteiger partial charge on any atom is -0.489 e. The number of aromatic nitrogens is 1. The van der Waals surface area contributed by atoms with Crippen molar-refractivity contribution >= 4 is 5.91 Å². The van der Waals surface area contributed by atoms with Crippen LogP contribution in [0.15, 0.2) is 42.6 Å². The van der Waals surface area contributed by atoms with Crippen molar-refractivity contribution in [1.82, 2.24) is 15.2 Å². The summed E-state index contributed by atoms with van der Waals surface area (Å²) < 4.78 is 6.24. The first-order valence-electron chi connectivity index (χ1n) is 9.87. The van der Waals surface area contributed by atoms with Gasteiger partial charge in [-0.25, -0.2) is 0 Å². The first-order valence-corrected chi connectivity index (χ1v) is 9.87. The van der Waals surface area contributed by atoms with Gasteiger partial charge in [0.1, 0.15) is 11.9 Å². The number of aryl methyl sites for hydroxylation is 1. The Hall–Kier alpha value is -2.40. The minimum atomic E-state index is -0.0534. The summed E-state index contributed by atoms with van der Waals surface area (Å²) in [7, 11) is 0. The second kappa shape index (κ2) is 8.09. The Morgan fingerprint density at radius 1 is 1.30 bits per heavy atom. The number of rotatable bonds is 5. The monoisotopic (exact) mass is 365 g/mol. The Bertz CT molecular complexity index is 808. The van der Waals surface area contributed by atoms with Gasteiger partial charge in [-0.05, 0) is 42.9 Å². The maximum atomic E-state index is 11.1. The van der Waals surface area contributed by atoms with Gasteiger partial charge in [-0.1, -0.05) is 24.3 Å². The molecule has 1 fully saturated rings. The SMILES string of the molecule is CC(=O)NCc1cc(OC2CCN(C3CCCc4ccccc43)C2)ccn1. The summed E-state index contributed by atoms with van der Waals surface area (Å²) >= 11 is 0. The van der Waals surface area contributed by atoms with Crippen molar-refractivity contribution in [3.05, 3.63) is 59.4 Å². The fraction of sp³-hybridized carbons (Fsp3) is 0.455. The zero-order valence-electron chi connectivity index (χ0n) is 15.9. The normalized spacial score (nSPS) is 22.3. The Morgan fingerprint density at radius 2 is 2.19 bits per heavy atom. The lowest BCUT2D eigenvalue weighted by Gasteiger charge is -2.33. The maximum absolute atomic E-state index is 11.1. The zero-order valence-corrected chi connectivity index (χ0v) is 15.9. The molecule has 5 nitrogen and oxygen atoms in total. The molecule has 1 aromatic carbocycles. The van der Waals surface area contributed by atoms with E-state index in [4.69, 9.17) is 4.74 Å². The van der Waals surface area contributed by atoms with Crippen LogP contribution in [0.4, 0.5) is 0 Å². The van der Waals surface area contributed by atoms with Crippen LogP contribution in [0.3, 0.4) is 0 Å². The number of carbonyl (C=O) groups is 1. The molecule has 1 aliphatic heterocycles. The van der Waals surface area contributed by atoms with Crippen molar-refractivity contribution in [2.45, 2.75) is 51.3 Å². The zero-order chi connectivity index (χ0) is 18.6. The summed E-state index contributed by atoms with van der Waals surface area (Å²) in [5.41, 5.74) is 3.83. The van der Waals surface area contributed by atoms with E-state index in [1.165, 1.54) is 37.3 Å². The van der Waals surface area contributed by atoms with E-state index in [0.717, 1.165) is 31.0 Å². The minimum absolute atomic E-state index is 0.0534. The van der Waals surface area contributed by atoms with Gasteiger partial charge in [-0.15, -0.1) is 0 Å². The number of hydrogen-bond acceptors (Lipinski definition) is 4. The number of nitrogens with one attached hydrogen (secondary N) is 1. The molecule has 2 unspecified atom stereocenters. The Morgan fingerprint density at radius 3 is 3.07 bits per heavy atom. The molecule has 142 valence electrons. The van der Waals surface area contributed by atoms with E-state index in [0.29, 0.717) is 12.6 Å². The fourth-order valence-electron chi connectivity index (χ4n) is 4.27. The molecule has 2 aliphatic rings. The molecule has 0 spiro atoms. The molecule has 27 heavy (non-hydrogen) atoms. The van der Waals surface area contributed by atoms with E-state index in [1.54, 1.807) is 6.20 Å². The van der Waals surface area contributed by atoms with Crippen LogP contribution < -0.4 is 10.1 Å². The second-order valence-corrected chi connectivity index (χ2v) is 7.52. The number of ether oxygens (including phenoxy) is 1. The number of hydrogen-bond donors (Lipinski definition) is 1. The largest absolute Gasteiger partial charge is 0.489 e. The van der Waals surface area contributed by atoms with E-state index >= 15 is 0 Å². The molecule has 2 atom stereocenters. The first kappa shape index (κ1) is 18.0. The average Bonchev–Trinajstić information content (AvgIpc) is 3.14. The summed E-state index contributed by atoms with van der Waals surface area (Å²) in [5.74, 6) is 0.781. The highest BCUT2D eigenvalue weighted by atomic mass is 16.5. The molecule has 0 radical (unpaired) electrons. The lowest BCUT2D eigenvalue weighted by Crippen LogP contribution is -2.31. The van der Waals surface area contributed by atoms with Crippen LogP contribution in [0.25, 0.3) is 0 Å². The summed E-state index contributed by atoms with van der Waals surface area (Å²) in [6, 6.07) is 13.2. The number of pyridine rings is 1. The molecule has 0 bridgehead atoms. The highest BCUT2D eigenvalue weighted by molar-refractivity contribution is 5.72. The molecule has 1 aromatic heterocycles. The van der Waals surface area contributed by atoms with Crippen molar-refractivity contribution in [1.29, 1.82) is 0 Å². The average molecular weight is 365 g/mol. The topological polar surface area (TPSA) is 54.5 Å². The summed E-state index contributed by atoms with van der Waals surface area (Å²) in [6.07, 6.45) is 6.70. The van der Waals surface area contributed by atoms with Gasteiger partial charge >= 0.3 is 0 Å². The standard InChI is InChI=1S/C22H27N3O2/c1-16(26)24-14-18-13-19(9-11-23-18)27-20-10-12-25(15-20)22-8-4-6-17-5-2-3-7-21(17)22/h2-3,5,7,9,11,13,20,22H,4,6,8,10,12,14-15H2,1H3,(H,24,26). The van der Waals surface area contributed by atoms with Crippen LogP contribution in [0.5, 0.6) is 5.75 Å². The Balaban J connectivity index is 1.38. The third-order valence-electron chi connectivity index (χ3n) is 5.56. The van der Waals surface area contributed by atoms with E-state index in [-0.39, 0.29) is 12.0 Å². The van der Waals surface area contributed by atoms with Gasteiger partial charge in [0.2, 0.25) is 5.91 Å². The molecule has 4 rings (SSSR count). The maximum Gasteiger partial charge on any atom is 0.217 e. The first-order chi connectivity index (χ1) is 13.2. The lowest BCUT2D eigenvalue weighted by molar-refractivity contribution is -0.119. The van der Waals surface area contributed by atoms with Gasteiger partial charge in [0, 0.05) is 38.3 Å². The fourth-order valence-corrected chi connectivity index (χ4v) is 4.27. The van der Waals surface area contributed by atoms with E-state index < -0.39 is 0 Å². The van der Waals surface area contributed by atoms with Crippen LogP contribution in [-0.4, -0.2) is 35.0 Å². The van der Waals surface area contributed by atoms with Crippen LogP contribution in [0.1, 0.15) is 49.0 Å². The molecule has 5 heteroatoms. The highest BCUT2D eigenvalue weighted by Crippen LogP contribution is 2.36. The highest BCUT2D eigenvalue weighted by Gasteiger charge is 2.32. The molecule has 1 aliphatic carbocycles. The Labute approximate surface area is 160 Å². The van der Waals surface area contributed by atoms with E-state index in [1.807, 2.05) is 12.1 Å². The number of carbonyl (C=O) groups excluding carboxylic acids is 1. The number of nitrogens with zero attached hydrogens (tertiary/aromatic N) is 2. The molecule has 2 aromatic rings. The summed E-state index contributed by atoms with van der Waals surface area (Å²) in [6.45, 7) is 3.98. The second-order valence-electron chi connectivity index (χ2n) is 7.52. The van der Waals surface area contributed by atoms with E-state index in [2.05, 4.69) is 39.5 Å². The van der Waals surface area contributed by atoms with Crippen molar-refractivity contribution in [2.75, 3.05) is 13.1 Å². The van der Waals surface area contributed by atoms with Crippen molar-refractivity contribution < 1.29 is 9.53 Å². The third-order valence-corrected chi connectivity index (χ3v) is 5.56. The van der Waals surface area contributed by atoms with Gasteiger partial charge in [0.25, 0.3) is 0 Å². The van der Waals surface area contributed by atoms with Crippen molar-refractivity contribution in [2.24, 2.45) is 0 Å². The van der Waals surface area contributed by atoms with Crippen molar-refractivity contribution in [3.63, 3.8) is 0 Å². The number of likely N-dealkylation sites (tertiary alicyclic amines) is 1.